The Morgan fingerprint density at radius 3 is 2.54 bits per heavy atom. The number of fused-ring (bicyclic) bond motifs is 1. The van der Waals surface area contributed by atoms with Gasteiger partial charge in [-0.25, -0.2) is 9.48 Å². The van der Waals surface area contributed by atoms with Crippen LogP contribution in [0.4, 0.5) is 19.1 Å². The molecule has 9 heteroatoms. The molecule has 0 radical (unpaired) electrons. The van der Waals surface area contributed by atoms with E-state index in [2.05, 4.69) is 15.4 Å². The highest BCUT2D eigenvalue weighted by Crippen LogP contribution is 2.36. The van der Waals surface area contributed by atoms with Crippen molar-refractivity contribution in [3.63, 3.8) is 0 Å². The van der Waals surface area contributed by atoms with Crippen LogP contribution in [0.2, 0.25) is 0 Å². The Labute approximate surface area is 134 Å². The second-order valence-corrected chi connectivity index (χ2v) is 5.21. The van der Waals surface area contributed by atoms with Gasteiger partial charge in [-0.05, 0) is 24.6 Å². The lowest BCUT2D eigenvalue weighted by molar-refractivity contribution is -0.138. The van der Waals surface area contributed by atoms with Gasteiger partial charge in [0.2, 0.25) is 5.95 Å². The van der Waals surface area contributed by atoms with Gasteiger partial charge in [-0.15, -0.1) is 0 Å². The number of carbonyl (C=O) groups excluding carboxylic acids is 1. The van der Waals surface area contributed by atoms with Crippen LogP contribution in [-0.2, 0) is 15.7 Å². The fraction of sp³-hybridized carbons (Fsp3) is 0.267. The number of allylic oxidation sites excluding steroid dienone is 1. The summed E-state index contributed by atoms with van der Waals surface area (Å²) >= 11 is 0. The van der Waals surface area contributed by atoms with Crippen molar-refractivity contribution >= 4 is 11.9 Å². The van der Waals surface area contributed by atoms with E-state index >= 15 is 0 Å². The van der Waals surface area contributed by atoms with E-state index in [1.54, 1.807) is 6.92 Å². The van der Waals surface area contributed by atoms with E-state index in [4.69, 9.17) is 4.74 Å². The number of carbonyl (C=O) groups is 1. The molecule has 126 valence electrons. The predicted octanol–water partition coefficient (Wildman–Crippen LogP) is 2.76. The number of aromatic nitrogens is 3. The van der Waals surface area contributed by atoms with Crippen LogP contribution in [0.25, 0.3) is 0 Å². The Morgan fingerprint density at radius 2 is 1.96 bits per heavy atom. The molecular weight excluding hydrogens is 325 g/mol. The monoisotopic (exact) mass is 338 g/mol. The van der Waals surface area contributed by atoms with Gasteiger partial charge in [0.05, 0.1) is 18.2 Å². The summed E-state index contributed by atoms with van der Waals surface area (Å²) in [5.74, 6) is -0.198. The Kier molecular flexibility index (Phi) is 3.78. The number of alkyl halides is 3. The van der Waals surface area contributed by atoms with E-state index < -0.39 is 23.8 Å². The van der Waals surface area contributed by atoms with E-state index in [0.29, 0.717) is 17.2 Å². The maximum Gasteiger partial charge on any atom is 0.416 e. The first-order chi connectivity index (χ1) is 11.3. The van der Waals surface area contributed by atoms with Crippen molar-refractivity contribution in [1.29, 1.82) is 0 Å². The van der Waals surface area contributed by atoms with E-state index in [1.807, 2.05) is 0 Å². The van der Waals surface area contributed by atoms with Crippen LogP contribution >= 0.6 is 0 Å². The van der Waals surface area contributed by atoms with Crippen LogP contribution in [0.15, 0.2) is 41.9 Å². The highest BCUT2D eigenvalue weighted by Gasteiger charge is 2.35. The van der Waals surface area contributed by atoms with Crippen LogP contribution in [0, 0.1) is 0 Å². The third-order valence-electron chi connectivity index (χ3n) is 3.75. The first-order valence-corrected chi connectivity index (χ1v) is 6.95. The molecule has 24 heavy (non-hydrogen) atoms. The average molecular weight is 338 g/mol. The van der Waals surface area contributed by atoms with Crippen molar-refractivity contribution in [2.45, 2.75) is 19.1 Å². The van der Waals surface area contributed by atoms with Crippen molar-refractivity contribution in [2.24, 2.45) is 0 Å². The molecule has 0 spiro atoms. The molecule has 0 saturated carbocycles. The molecule has 1 aromatic heterocycles. The first kappa shape index (κ1) is 16.0. The summed E-state index contributed by atoms with van der Waals surface area (Å²) in [6.07, 6.45) is -3.13. The summed E-state index contributed by atoms with van der Waals surface area (Å²) in [5, 5.41) is 6.99. The molecular formula is C15H13F3N4O2. The number of ether oxygens (including phenoxy) is 1. The molecule has 0 aliphatic carbocycles. The number of hydrogen-bond acceptors (Lipinski definition) is 5. The maximum atomic E-state index is 12.8. The normalized spacial score (nSPS) is 17.3. The van der Waals surface area contributed by atoms with E-state index in [-0.39, 0.29) is 5.57 Å². The smallest absolute Gasteiger partial charge is 0.416 e. The van der Waals surface area contributed by atoms with Crippen LogP contribution in [-0.4, -0.2) is 27.8 Å². The Balaban J connectivity index is 2.11. The third-order valence-corrected chi connectivity index (χ3v) is 3.75. The number of methoxy groups -OCH3 is 1. The van der Waals surface area contributed by atoms with E-state index in [1.165, 1.54) is 30.3 Å². The summed E-state index contributed by atoms with van der Waals surface area (Å²) in [6, 6.07) is 3.86. The summed E-state index contributed by atoms with van der Waals surface area (Å²) in [7, 11) is 1.24. The Bertz CT molecular complexity index is 809. The quantitative estimate of drug-likeness (QED) is 0.853. The van der Waals surface area contributed by atoms with Gasteiger partial charge in [0.25, 0.3) is 0 Å². The maximum absolute atomic E-state index is 12.8. The fourth-order valence-corrected chi connectivity index (χ4v) is 2.63. The van der Waals surface area contributed by atoms with Crippen molar-refractivity contribution in [1.82, 2.24) is 14.8 Å². The second kappa shape index (κ2) is 5.66. The van der Waals surface area contributed by atoms with Crippen molar-refractivity contribution in [2.75, 3.05) is 12.4 Å². The van der Waals surface area contributed by atoms with Crippen molar-refractivity contribution < 1.29 is 22.7 Å². The molecule has 6 nitrogen and oxygen atoms in total. The number of esters is 1. The molecule has 1 aromatic carbocycles. The minimum absolute atomic E-state index is 0.259. The van der Waals surface area contributed by atoms with Gasteiger partial charge < -0.3 is 10.1 Å². The lowest BCUT2D eigenvalue weighted by Gasteiger charge is -2.28. The number of hydrogen-bond donors (Lipinski definition) is 1. The molecule has 2 heterocycles. The van der Waals surface area contributed by atoms with Gasteiger partial charge in [-0.3, -0.25) is 0 Å². The Hall–Kier alpha value is -2.84. The van der Waals surface area contributed by atoms with Gasteiger partial charge in [-0.1, -0.05) is 12.1 Å². The molecule has 0 bridgehead atoms. The molecule has 3 rings (SSSR count). The second-order valence-electron chi connectivity index (χ2n) is 5.21. The van der Waals surface area contributed by atoms with Gasteiger partial charge in [0, 0.05) is 5.70 Å². The molecule has 1 N–H and O–H groups in total. The highest BCUT2D eigenvalue weighted by atomic mass is 19.4. The average Bonchev–Trinajstić information content (AvgIpc) is 3.00. The van der Waals surface area contributed by atoms with Gasteiger partial charge in [0.15, 0.2) is 0 Å². The zero-order valence-electron chi connectivity index (χ0n) is 12.8. The highest BCUT2D eigenvalue weighted by molar-refractivity contribution is 5.92. The molecule has 0 amide bonds. The standard InChI is InChI=1S/C15H13F3N4O2/c1-8-11(13(23)24-2)12(22-14(21-8)19-7-20-22)9-3-5-10(6-4-9)15(16,17)18/h3-7,12H,1-2H3,(H,19,20,21)/t12-/m1/s1. The summed E-state index contributed by atoms with van der Waals surface area (Å²) in [4.78, 5) is 16.2. The number of halogens is 3. The zero-order chi connectivity index (χ0) is 17.5. The number of nitrogens with one attached hydrogen (secondary N) is 1. The van der Waals surface area contributed by atoms with Crippen LogP contribution in [0.3, 0.4) is 0 Å². The van der Waals surface area contributed by atoms with Crippen molar-refractivity contribution in [3.05, 3.63) is 53.0 Å². The third kappa shape index (κ3) is 2.61. The SMILES string of the molecule is COC(=O)C1=C(C)Nc2ncnn2[C@@H]1c1ccc(C(F)(F)F)cc1. The predicted molar refractivity (Wildman–Crippen MR) is 77.9 cm³/mol. The minimum atomic E-state index is -4.43. The molecule has 0 unspecified atom stereocenters. The van der Waals surface area contributed by atoms with Crippen LogP contribution in [0.1, 0.15) is 24.1 Å². The van der Waals surface area contributed by atoms with Gasteiger partial charge in [-0.2, -0.15) is 23.3 Å². The largest absolute Gasteiger partial charge is 0.466 e. The van der Waals surface area contributed by atoms with Crippen molar-refractivity contribution in [3.8, 4) is 0 Å². The lowest BCUT2D eigenvalue weighted by Crippen LogP contribution is -2.29. The van der Waals surface area contributed by atoms with E-state index in [9.17, 15) is 18.0 Å². The molecule has 0 fully saturated rings. The topological polar surface area (TPSA) is 69.0 Å². The number of anilines is 1. The summed E-state index contributed by atoms with van der Waals surface area (Å²) in [6.45, 7) is 1.67. The molecule has 1 aliphatic rings. The van der Waals surface area contributed by atoms with Gasteiger partial charge >= 0.3 is 12.1 Å². The van der Waals surface area contributed by atoms with E-state index in [0.717, 1.165) is 12.1 Å². The molecule has 0 saturated heterocycles. The minimum Gasteiger partial charge on any atom is -0.466 e. The van der Waals surface area contributed by atoms with Crippen LogP contribution < -0.4 is 5.32 Å². The molecule has 2 aromatic rings. The van der Waals surface area contributed by atoms with Gasteiger partial charge in [0.1, 0.15) is 12.4 Å². The zero-order valence-corrected chi connectivity index (χ0v) is 12.8. The fourth-order valence-electron chi connectivity index (χ4n) is 2.63. The van der Waals surface area contributed by atoms with Crippen LogP contribution in [0.5, 0.6) is 0 Å². The Morgan fingerprint density at radius 1 is 1.29 bits per heavy atom. The molecule has 1 atom stereocenters. The lowest BCUT2D eigenvalue weighted by atomic mass is 9.95. The molecule has 1 aliphatic heterocycles. The summed E-state index contributed by atoms with van der Waals surface area (Å²) in [5.41, 5.74) is 0.470. The number of rotatable bonds is 2. The first-order valence-electron chi connectivity index (χ1n) is 6.95. The summed E-state index contributed by atoms with van der Waals surface area (Å²) < 4.78 is 44.5. The number of benzene rings is 1. The number of nitrogens with zero attached hydrogens (tertiary/aromatic N) is 3.